The van der Waals surface area contributed by atoms with Gasteiger partial charge in [0.15, 0.2) is 0 Å². The Morgan fingerprint density at radius 2 is 1.67 bits per heavy atom. The van der Waals surface area contributed by atoms with E-state index >= 15 is 0 Å². The van der Waals surface area contributed by atoms with Crippen molar-refractivity contribution in [2.24, 2.45) is 5.10 Å². The van der Waals surface area contributed by atoms with Crippen LogP contribution in [0.25, 0.3) is 10.8 Å². The second-order valence-corrected chi connectivity index (χ2v) is 8.59. The number of carbonyl (C=O) groups excluding carboxylic acids is 2. The van der Waals surface area contributed by atoms with E-state index in [1.165, 1.54) is 18.3 Å². The second kappa shape index (κ2) is 10.2. The molecule has 0 saturated carbocycles. The van der Waals surface area contributed by atoms with Gasteiger partial charge in [0.05, 0.1) is 22.4 Å². The number of esters is 1. The number of amides is 1. The molecule has 1 N–H and O–H groups in total. The van der Waals surface area contributed by atoms with Crippen molar-refractivity contribution >= 4 is 68.0 Å². The molecule has 0 aliphatic rings. The summed E-state index contributed by atoms with van der Waals surface area (Å²) in [5.41, 5.74) is 3.65. The van der Waals surface area contributed by atoms with Crippen LogP contribution in [0.5, 0.6) is 5.75 Å². The zero-order valence-corrected chi connectivity index (χ0v) is 20.0. The quantitative estimate of drug-likeness (QED) is 0.129. The lowest BCUT2D eigenvalue weighted by molar-refractivity contribution is 0.0734. The molecule has 1 amide bonds. The predicted molar refractivity (Wildman–Crippen MR) is 135 cm³/mol. The van der Waals surface area contributed by atoms with Gasteiger partial charge < -0.3 is 4.74 Å². The number of hydrogen-bond donors (Lipinski definition) is 1. The largest absolute Gasteiger partial charge is 0.422 e. The molecule has 4 aromatic carbocycles. The third kappa shape index (κ3) is 5.25. The number of hydrogen-bond acceptors (Lipinski definition) is 4. The molecule has 0 aliphatic heterocycles. The summed E-state index contributed by atoms with van der Waals surface area (Å²) in [5, 5.41) is 6.41. The molecule has 0 bridgehead atoms. The van der Waals surface area contributed by atoms with Crippen molar-refractivity contribution in [3.05, 3.63) is 110 Å². The molecule has 164 valence electrons. The molecule has 0 aliphatic carbocycles. The summed E-state index contributed by atoms with van der Waals surface area (Å²) in [4.78, 5) is 25.2. The number of rotatable bonds is 5. The molecule has 0 fully saturated rings. The molecule has 0 saturated heterocycles. The van der Waals surface area contributed by atoms with Crippen molar-refractivity contribution in [2.45, 2.75) is 0 Å². The van der Waals surface area contributed by atoms with Crippen LogP contribution >= 0.6 is 39.1 Å². The first kappa shape index (κ1) is 23.0. The van der Waals surface area contributed by atoms with E-state index in [9.17, 15) is 9.59 Å². The highest BCUT2D eigenvalue weighted by Crippen LogP contribution is 2.29. The normalized spacial score (nSPS) is 11.0. The highest BCUT2D eigenvalue weighted by Gasteiger charge is 2.16. The van der Waals surface area contributed by atoms with Gasteiger partial charge >= 0.3 is 5.97 Å². The van der Waals surface area contributed by atoms with Crippen LogP contribution in [0.15, 0.2) is 88.4 Å². The third-order valence-corrected chi connectivity index (χ3v) is 6.00. The standard InChI is InChI=1S/C25H15BrCl2N2O3/c26-21-8-4-3-7-18(21)24(31)30-29-14-20-17-6-2-1-5-15(17)9-12-23(20)33-25(32)19-11-10-16(27)13-22(19)28/h1-14H,(H,30,31)/b29-14+. The van der Waals surface area contributed by atoms with Gasteiger partial charge in [-0.25, -0.2) is 10.2 Å². The lowest BCUT2D eigenvalue weighted by Crippen LogP contribution is -2.18. The number of fused-ring (bicyclic) bond motifs is 1. The molecular formula is C25H15BrCl2N2O3. The monoisotopic (exact) mass is 540 g/mol. The Kier molecular flexibility index (Phi) is 7.08. The van der Waals surface area contributed by atoms with Gasteiger partial charge in [-0.15, -0.1) is 0 Å². The first-order chi connectivity index (χ1) is 15.9. The molecule has 0 unspecified atom stereocenters. The summed E-state index contributed by atoms with van der Waals surface area (Å²) in [7, 11) is 0. The number of carbonyl (C=O) groups is 2. The van der Waals surface area contributed by atoms with Gasteiger partial charge in [0.1, 0.15) is 5.75 Å². The fourth-order valence-electron chi connectivity index (χ4n) is 3.17. The molecule has 33 heavy (non-hydrogen) atoms. The van der Waals surface area contributed by atoms with Crippen molar-refractivity contribution < 1.29 is 14.3 Å². The van der Waals surface area contributed by atoms with E-state index < -0.39 is 5.97 Å². The first-order valence-electron chi connectivity index (χ1n) is 9.71. The molecule has 0 radical (unpaired) electrons. The van der Waals surface area contributed by atoms with Gasteiger partial charge in [-0.05, 0) is 63.1 Å². The fraction of sp³-hybridized carbons (Fsp3) is 0. The van der Waals surface area contributed by atoms with Crippen LogP contribution in [0.1, 0.15) is 26.3 Å². The number of benzene rings is 4. The predicted octanol–water partition coefficient (Wildman–Crippen LogP) is 6.89. The maximum absolute atomic E-state index is 12.8. The zero-order chi connectivity index (χ0) is 23.4. The lowest BCUT2D eigenvalue weighted by atomic mass is 10.0. The zero-order valence-electron chi connectivity index (χ0n) is 16.9. The van der Waals surface area contributed by atoms with Crippen LogP contribution in [0.2, 0.25) is 10.0 Å². The van der Waals surface area contributed by atoms with Crippen molar-refractivity contribution in [1.82, 2.24) is 5.43 Å². The van der Waals surface area contributed by atoms with Crippen molar-refractivity contribution in [3.8, 4) is 5.75 Å². The van der Waals surface area contributed by atoms with Crippen LogP contribution < -0.4 is 10.2 Å². The van der Waals surface area contributed by atoms with Gasteiger partial charge in [0, 0.05) is 15.1 Å². The smallest absolute Gasteiger partial charge is 0.345 e. The van der Waals surface area contributed by atoms with Gasteiger partial charge in [0.25, 0.3) is 5.91 Å². The summed E-state index contributed by atoms with van der Waals surface area (Å²) < 4.78 is 6.29. The molecule has 8 heteroatoms. The minimum atomic E-state index is -0.640. The Balaban J connectivity index is 1.65. The molecule has 5 nitrogen and oxygen atoms in total. The highest BCUT2D eigenvalue weighted by atomic mass is 79.9. The highest BCUT2D eigenvalue weighted by molar-refractivity contribution is 9.10. The van der Waals surface area contributed by atoms with Crippen LogP contribution in [0.3, 0.4) is 0 Å². The number of ether oxygens (including phenoxy) is 1. The molecule has 0 spiro atoms. The summed E-state index contributed by atoms with van der Waals surface area (Å²) in [5.74, 6) is -0.757. The van der Waals surface area contributed by atoms with E-state index in [2.05, 4.69) is 26.5 Å². The Morgan fingerprint density at radius 1 is 0.909 bits per heavy atom. The van der Waals surface area contributed by atoms with Crippen molar-refractivity contribution in [3.63, 3.8) is 0 Å². The number of nitrogens with zero attached hydrogens (tertiary/aromatic N) is 1. The summed E-state index contributed by atoms with van der Waals surface area (Å²) in [6.07, 6.45) is 1.45. The Hall–Kier alpha value is -3.19. The van der Waals surface area contributed by atoms with Gasteiger partial charge in [-0.3, -0.25) is 4.79 Å². The van der Waals surface area contributed by atoms with Gasteiger partial charge in [-0.1, -0.05) is 65.7 Å². The van der Waals surface area contributed by atoms with E-state index in [0.717, 1.165) is 10.8 Å². The summed E-state index contributed by atoms with van der Waals surface area (Å²) in [6, 6.07) is 22.6. The Labute approximate surface area is 208 Å². The summed E-state index contributed by atoms with van der Waals surface area (Å²) >= 11 is 15.4. The van der Waals surface area contributed by atoms with Gasteiger partial charge in [0.2, 0.25) is 0 Å². The van der Waals surface area contributed by atoms with Crippen LogP contribution in [0.4, 0.5) is 0 Å². The van der Waals surface area contributed by atoms with Crippen molar-refractivity contribution in [1.29, 1.82) is 0 Å². The van der Waals surface area contributed by atoms with E-state index in [4.69, 9.17) is 27.9 Å². The van der Waals surface area contributed by atoms with Gasteiger partial charge in [-0.2, -0.15) is 5.10 Å². The van der Waals surface area contributed by atoms with E-state index in [0.29, 0.717) is 20.6 Å². The molecule has 4 rings (SSSR count). The maximum Gasteiger partial charge on any atom is 0.345 e. The van der Waals surface area contributed by atoms with Crippen LogP contribution in [-0.4, -0.2) is 18.1 Å². The lowest BCUT2D eigenvalue weighted by Gasteiger charge is -2.11. The Bertz CT molecular complexity index is 1410. The molecular weight excluding hydrogens is 527 g/mol. The average Bonchev–Trinajstić information content (AvgIpc) is 2.80. The fourth-order valence-corrected chi connectivity index (χ4v) is 4.12. The van der Waals surface area contributed by atoms with E-state index in [1.807, 2.05) is 36.4 Å². The minimum Gasteiger partial charge on any atom is -0.422 e. The topological polar surface area (TPSA) is 67.8 Å². The average molecular weight is 542 g/mol. The minimum absolute atomic E-state index is 0.180. The number of hydrazone groups is 1. The molecule has 4 aromatic rings. The number of halogens is 3. The Morgan fingerprint density at radius 3 is 2.45 bits per heavy atom. The van der Waals surface area contributed by atoms with Crippen molar-refractivity contribution in [2.75, 3.05) is 0 Å². The molecule has 0 aromatic heterocycles. The maximum atomic E-state index is 12.8. The van der Waals surface area contributed by atoms with Crippen LogP contribution in [0, 0.1) is 0 Å². The SMILES string of the molecule is O=C(Oc1ccc2ccccc2c1/C=N/NC(=O)c1ccccc1Br)c1ccc(Cl)cc1Cl. The second-order valence-electron chi connectivity index (χ2n) is 6.89. The van der Waals surface area contributed by atoms with E-state index in [1.54, 1.807) is 30.3 Å². The number of nitrogens with one attached hydrogen (secondary N) is 1. The third-order valence-electron chi connectivity index (χ3n) is 4.76. The first-order valence-corrected chi connectivity index (χ1v) is 11.3. The van der Waals surface area contributed by atoms with E-state index in [-0.39, 0.29) is 22.2 Å². The van der Waals surface area contributed by atoms with Crippen LogP contribution in [-0.2, 0) is 0 Å². The summed E-state index contributed by atoms with van der Waals surface area (Å²) in [6.45, 7) is 0. The molecule has 0 heterocycles. The molecule has 0 atom stereocenters.